The molecule has 0 spiro atoms. The number of carboxylic acid groups (broad SMARTS) is 1. The van der Waals surface area contributed by atoms with E-state index in [9.17, 15) is 9.59 Å². The quantitative estimate of drug-likeness (QED) is 0.752. The molecule has 0 aliphatic heterocycles. The lowest BCUT2D eigenvalue weighted by atomic mass is 10.1. The number of anilines is 1. The van der Waals surface area contributed by atoms with Crippen molar-refractivity contribution in [3.63, 3.8) is 0 Å². The van der Waals surface area contributed by atoms with E-state index in [1.54, 1.807) is 30.3 Å². The molecule has 0 atom stereocenters. The van der Waals surface area contributed by atoms with Crippen LogP contribution in [0, 0.1) is 0 Å². The zero-order valence-electron chi connectivity index (χ0n) is 12.1. The number of amides is 1. The fourth-order valence-electron chi connectivity index (χ4n) is 2.01. The Kier molecular flexibility index (Phi) is 4.26. The van der Waals surface area contributed by atoms with E-state index in [0.717, 1.165) is 0 Å². The second-order valence-electron chi connectivity index (χ2n) is 4.72. The number of hydrogen-bond donors (Lipinski definition) is 2. The van der Waals surface area contributed by atoms with Crippen molar-refractivity contribution >= 4 is 29.5 Å². The minimum Gasteiger partial charge on any atom is -0.478 e. The van der Waals surface area contributed by atoms with Crippen molar-refractivity contribution in [2.45, 2.75) is 0 Å². The van der Waals surface area contributed by atoms with E-state index in [1.807, 2.05) is 0 Å². The predicted octanol–water partition coefficient (Wildman–Crippen LogP) is 3.34. The summed E-state index contributed by atoms with van der Waals surface area (Å²) in [4.78, 5) is 23.4. The molecule has 0 radical (unpaired) electrons. The average Bonchev–Trinajstić information content (AvgIpc) is 3.04. The standard InChI is InChI=1S/C16H10ClN3O4/c17-10-7-5-9(6-8-10)14-19-20-16(24-14)18-13(21)11-3-1-2-4-12(11)15(22)23/h1-8H,(H,22,23)(H,18,20,21). The number of nitrogens with zero attached hydrogens (tertiary/aromatic N) is 2. The Labute approximate surface area is 140 Å². The van der Waals surface area contributed by atoms with Gasteiger partial charge in [0, 0.05) is 10.6 Å². The number of halogens is 1. The molecular formula is C16H10ClN3O4. The highest BCUT2D eigenvalue weighted by Gasteiger charge is 2.18. The molecule has 0 unspecified atom stereocenters. The Bertz CT molecular complexity index is 906. The molecule has 1 aromatic heterocycles. The van der Waals surface area contributed by atoms with Crippen molar-refractivity contribution in [2.24, 2.45) is 0 Å². The SMILES string of the molecule is O=C(O)c1ccccc1C(=O)Nc1nnc(-c2ccc(Cl)cc2)o1. The van der Waals surface area contributed by atoms with Gasteiger partial charge in [-0.1, -0.05) is 28.8 Å². The summed E-state index contributed by atoms with van der Waals surface area (Å²) >= 11 is 5.81. The van der Waals surface area contributed by atoms with Gasteiger partial charge in [0.25, 0.3) is 5.91 Å². The summed E-state index contributed by atoms with van der Waals surface area (Å²) < 4.78 is 5.36. The fourth-order valence-corrected chi connectivity index (χ4v) is 2.14. The Morgan fingerprint density at radius 1 is 1.00 bits per heavy atom. The number of rotatable bonds is 4. The molecule has 2 aromatic carbocycles. The van der Waals surface area contributed by atoms with Gasteiger partial charge in [-0.25, -0.2) is 4.79 Å². The highest BCUT2D eigenvalue weighted by atomic mass is 35.5. The van der Waals surface area contributed by atoms with Crippen LogP contribution < -0.4 is 5.32 Å². The molecule has 0 bridgehead atoms. The summed E-state index contributed by atoms with van der Waals surface area (Å²) in [7, 11) is 0. The summed E-state index contributed by atoms with van der Waals surface area (Å²) in [6.45, 7) is 0. The summed E-state index contributed by atoms with van der Waals surface area (Å²) in [5.74, 6) is -1.65. The van der Waals surface area contributed by atoms with E-state index < -0.39 is 11.9 Å². The van der Waals surface area contributed by atoms with Crippen LogP contribution >= 0.6 is 11.6 Å². The molecule has 3 rings (SSSR count). The lowest BCUT2D eigenvalue weighted by Gasteiger charge is -2.04. The molecule has 24 heavy (non-hydrogen) atoms. The number of hydrogen-bond acceptors (Lipinski definition) is 5. The van der Waals surface area contributed by atoms with Crippen molar-refractivity contribution in [3.8, 4) is 11.5 Å². The third-order valence-electron chi connectivity index (χ3n) is 3.14. The van der Waals surface area contributed by atoms with Gasteiger partial charge in [-0.3, -0.25) is 10.1 Å². The summed E-state index contributed by atoms with van der Waals surface area (Å²) in [6, 6.07) is 12.4. The van der Waals surface area contributed by atoms with Gasteiger partial charge in [0.1, 0.15) is 0 Å². The number of nitrogens with one attached hydrogen (secondary N) is 1. The molecule has 120 valence electrons. The smallest absolute Gasteiger partial charge is 0.336 e. The van der Waals surface area contributed by atoms with Gasteiger partial charge in [-0.2, -0.15) is 0 Å². The first-order chi connectivity index (χ1) is 11.5. The number of aromatic nitrogens is 2. The normalized spacial score (nSPS) is 10.4. The Hall–Kier alpha value is -3.19. The maximum absolute atomic E-state index is 12.2. The van der Waals surface area contributed by atoms with Crippen molar-refractivity contribution in [1.29, 1.82) is 0 Å². The third kappa shape index (κ3) is 3.26. The monoisotopic (exact) mass is 343 g/mol. The van der Waals surface area contributed by atoms with Gasteiger partial charge in [0.05, 0.1) is 11.1 Å². The summed E-state index contributed by atoms with van der Waals surface area (Å²) in [5.41, 5.74) is 0.516. The molecule has 0 aliphatic carbocycles. The van der Waals surface area contributed by atoms with Gasteiger partial charge < -0.3 is 9.52 Å². The first-order valence-corrected chi connectivity index (χ1v) is 7.15. The van der Waals surface area contributed by atoms with E-state index in [-0.39, 0.29) is 23.0 Å². The van der Waals surface area contributed by atoms with Crippen molar-refractivity contribution in [1.82, 2.24) is 10.2 Å². The van der Waals surface area contributed by atoms with Crippen molar-refractivity contribution in [2.75, 3.05) is 5.32 Å². The van der Waals surface area contributed by atoms with Gasteiger partial charge in [-0.05, 0) is 36.4 Å². The fraction of sp³-hybridized carbons (Fsp3) is 0. The van der Waals surface area contributed by atoms with E-state index in [0.29, 0.717) is 10.6 Å². The van der Waals surface area contributed by atoms with Gasteiger partial charge in [0.15, 0.2) is 0 Å². The number of carbonyl (C=O) groups excluding carboxylic acids is 1. The molecule has 0 saturated carbocycles. The highest BCUT2D eigenvalue weighted by molar-refractivity contribution is 6.30. The van der Waals surface area contributed by atoms with Crippen LogP contribution in [0.3, 0.4) is 0 Å². The maximum atomic E-state index is 12.2. The van der Waals surface area contributed by atoms with E-state index in [2.05, 4.69) is 15.5 Å². The number of benzene rings is 2. The Morgan fingerprint density at radius 2 is 1.67 bits per heavy atom. The van der Waals surface area contributed by atoms with Crippen LogP contribution in [0.4, 0.5) is 6.01 Å². The van der Waals surface area contributed by atoms with Crippen LogP contribution in [-0.4, -0.2) is 27.2 Å². The Morgan fingerprint density at radius 3 is 2.33 bits per heavy atom. The lowest BCUT2D eigenvalue weighted by molar-refractivity contribution is 0.0692. The Balaban J connectivity index is 1.81. The van der Waals surface area contributed by atoms with Crippen LogP contribution in [0.2, 0.25) is 5.02 Å². The van der Waals surface area contributed by atoms with Gasteiger partial charge in [0.2, 0.25) is 5.89 Å². The predicted molar refractivity (Wildman–Crippen MR) is 86.1 cm³/mol. The van der Waals surface area contributed by atoms with Crippen LogP contribution in [0.1, 0.15) is 20.7 Å². The topological polar surface area (TPSA) is 105 Å². The summed E-state index contributed by atoms with van der Waals surface area (Å²) in [5, 5.41) is 19.6. The van der Waals surface area contributed by atoms with Crippen LogP contribution in [0.5, 0.6) is 0 Å². The van der Waals surface area contributed by atoms with Crippen LogP contribution in [0.25, 0.3) is 11.5 Å². The number of carboxylic acids is 1. The molecule has 8 heteroatoms. The van der Waals surface area contributed by atoms with E-state index >= 15 is 0 Å². The minimum absolute atomic E-state index is 0.00348. The zero-order chi connectivity index (χ0) is 17.1. The van der Waals surface area contributed by atoms with E-state index in [4.69, 9.17) is 21.1 Å². The number of carbonyl (C=O) groups is 2. The molecule has 1 amide bonds. The summed E-state index contributed by atoms with van der Waals surface area (Å²) in [6.07, 6.45) is 0. The molecule has 0 fully saturated rings. The van der Waals surface area contributed by atoms with E-state index in [1.165, 1.54) is 18.2 Å². The molecule has 7 nitrogen and oxygen atoms in total. The zero-order valence-corrected chi connectivity index (χ0v) is 12.8. The van der Waals surface area contributed by atoms with Gasteiger partial charge in [-0.15, -0.1) is 5.10 Å². The largest absolute Gasteiger partial charge is 0.478 e. The minimum atomic E-state index is -1.20. The number of aromatic carboxylic acids is 1. The van der Waals surface area contributed by atoms with Crippen LogP contribution in [-0.2, 0) is 0 Å². The molecule has 0 aliphatic rings. The highest BCUT2D eigenvalue weighted by Crippen LogP contribution is 2.22. The maximum Gasteiger partial charge on any atom is 0.336 e. The average molecular weight is 344 g/mol. The lowest BCUT2D eigenvalue weighted by Crippen LogP contribution is -2.16. The van der Waals surface area contributed by atoms with Gasteiger partial charge >= 0.3 is 12.0 Å². The molecule has 3 aromatic rings. The third-order valence-corrected chi connectivity index (χ3v) is 3.39. The van der Waals surface area contributed by atoms with Crippen molar-refractivity contribution in [3.05, 3.63) is 64.7 Å². The second-order valence-corrected chi connectivity index (χ2v) is 5.16. The first kappa shape index (κ1) is 15.7. The first-order valence-electron chi connectivity index (χ1n) is 6.78. The molecule has 2 N–H and O–H groups in total. The van der Waals surface area contributed by atoms with Crippen LogP contribution in [0.15, 0.2) is 52.9 Å². The van der Waals surface area contributed by atoms with Crippen molar-refractivity contribution < 1.29 is 19.1 Å². The second kappa shape index (κ2) is 6.51. The molecule has 1 heterocycles. The molecular weight excluding hydrogens is 334 g/mol. The molecule has 0 saturated heterocycles.